The van der Waals surface area contributed by atoms with E-state index in [0.29, 0.717) is 23.7 Å². The van der Waals surface area contributed by atoms with Crippen molar-refractivity contribution in [3.05, 3.63) is 11.6 Å². The Kier molecular flexibility index (Phi) is 9.32. The SMILES string of the molecule is CC(=O)C=C(C(=O)O[C@@H]1C[C@H](C)CC[C@H]1C(C)C)C(=O)O[C@@H]1C[C@H](C)CC[C@H]1C(C)C. The van der Waals surface area contributed by atoms with Crippen LogP contribution in [-0.4, -0.2) is 29.9 Å². The molecular weight excluding hydrogens is 392 g/mol. The fraction of sp³-hybridized carbons (Fsp3) is 0.808. The lowest BCUT2D eigenvalue weighted by molar-refractivity contribution is -0.159. The van der Waals surface area contributed by atoms with Gasteiger partial charge in [0.15, 0.2) is 5.78 Å². The average Bonchev–Trinajstić information content (AvgIpc) is 2.65. The average molecular weight is 435 g/mol. The molecule has 0 bridgehead atoms. The molecule has 2 aliphatic carbocycles. The third kappa shape index (κ3) is 7.18. The summed E-state index contributed by atoms with van der Waals surface area (Å²) in [4.78, 5) is 37.9. The van der Waals surface area contributed by atoms with Crippen LogP contribution < -0.4 is 0 Å². The number of hydrogen-bond donors (Lipinski definition) is 0. The first kappa shape index (κ1) is 25.6. The van der Waals surface area contributed by atoms with Crippen molar-refractivity contribution in [2.45, 2.75) is 99.2 Å². The lowest BCUT2D eigenvalue weighted by Crippen LogP contribution is -2.39. The van der Waals surface area contributed by atoms with Crippen LogP contribution >= 0.6 is 0 Å². The molecule has 0 aliphatic heterocycles. The van der Waals surface area contributed by atoms with Crippen molar-refractivity contribution in [2.24, 2.45) is 35.5 Å². The van der Waals surface area contributed by atoms with E-state index < -0.39 is 11.9 Å². The zero-order chi connectivity index (χ0) is 23.3. The number of ether oxygens (including phenoxy) is 2. The Hall–Kier alpha value is -1.65. The highest BCUT2D eigenvalue weighted by Crippen LogP contribution is 2.37. The maximum absolute atomic E-state index is 13.0. The van der Waals surface area contributed by atoms with Gasteiger partial charge in [-0.25, -0.2) is 9.59 Å². The molecule has 0 spiro atoms. The normalized spacial score (nSPS) is 31.3. The molecule has 6 atom stereocenters. The van der Waals surface area contributed by atoms with E-state index in [0.717, 1.165) is 44.6 Å². The monoisotopic (exact) mass is 434 g/mol. The summed E-state index contributed by atoms with van der Waals surface area (Å²) in [5.41, 5.74) is -0.269. The van der Waals surface area contributed by atoms with Crippen LogP contribution in [0.5, 0.6) is 0 Å². The molecule has 5 heteroatoms. The van der Waals surface area contributed by atoms with Gasteiger partial charge in [0.25, 0.3) is 0 Å². The predicted molar refractivity (Wildman–Crippen MR) is 121 cm³/mol. The summed E-state index contributed by atoms with van der Waals surface area (Å²) in [6, 6.07) is 0. The van der Waals surface area contributed by atoms with Crippen molar-refractivity contribution < 1.29 is 23.9 Å². The second kappa shape index (κ2) is 11.3. The van der Waals surface area contributed by atoms with Crippen molar-refractivity contribution in [1.82, 2.24) is 0 Å². The van der Waals surface area contributed by atoms with Crippen molar-refractivity contribution in [3.8, 4) is 0 Å². The van der Waals surface area contributed by atoms with Crippen molar-refractivity contribution in [1.29, 1.82) is 0 Å². The number of rotatable bonds is 7. The Balaban J connectivity index is 2.17. The molecule has 0 heterocycles. The second-order valence-electron chi connectivity index (χ2n) is 10.7. The van der Waals surface area contributed by atoms with Gasteiger partial charge in [0.2, 0.25) is 0 Å². The van der Waals surface area contributed by atoms with E-state index in [1.807, 2.05) is 0 Å². The van der Waals surface area contributed by atoms with Gasteiger partial charge in [-0.05, 0) is 68.1 Å². The van der Waals surface area contributed by atoms with Crippen LogP contribution in [0.3, 0.4) is 0 Å². The van der Waals surface area contributed by atoms with E-state index in [9.17, 15) is 14.4 Å². The molecule has 2 saturated carbocycles. The molecule has 2 fully saturated rings. The van der Waals surface area contributed by atoms with E-state index in [-0.39, 0.29) is 35.4 Å². The Bertz CT molecular complexity index is 629. The number of carbonyl (C=O) groups is 3. The zero-order valence-electron chi connectivity index (χ0n) is 20.5. The highest BCUT2D eigenvalue weighted by Gasteiger charge is 2.38. The Morgan fingerprint density at radius 3 is 1.45 bits per heavy atom. The van der Waals surface area contributed by atoms with E-state index >= 15 is 0 Å². The first-order chi connectivity index (χ1) is 14.5. The number of allylic oxidation sites excluding steroid dienone is 1. The summed E-state index contributed by atoms with van der Waals surface area (Å²) < 4.78 is 11.7. The number of ketones is 1. The topological polar surface area (TPSA) is 69.7 Å². The quantitative estimate of drug-likeness (QED) is 0.229. The predicted octanol–water partition coefficient (Wildman–Crippen LogP) is 5.51. The van der Waals surface area contributed by atoms with Gasteiger partial charge in [0.1, 0.15) is 17.8 Å². The van der Waals surface area contributed by atoms with Gasteiger partial charge in [0, 0.05) is 6.08 Å². The van der Waals surface area contributed by atoms with E-state index in [2.05, 4.69) is 41.5 Å². The minimum Gasteiger partial charge on any atom is -0.458 e. The number of hydrogen-bond acceptors (Lipinski definition) is 5. The molecule has 0 saturated heterocycles. The smallest absolute Gasteiger partial charge is 0.345 e. The van der Waals surface area contributed by atoms with Gasteiger partial charge in [-0.15, -0.1) is 0 Å². The van der Waals surface area contributed by atoms with Gasteiger partial charge in [-0.3, -0.25) is 4.79 Å². The molecule has 2 aliphatic rings. The van der Waals surface area contributed by atoms with E-state index in [1.54, 1.807) is 0 Å². The summed E-state index contributed by atoms with van der Waals surface area (Å²) in [6.45, 7) is 14.2. The number of esters is 2. The zero-order valence-corrected chi connectivity index (χ0v) is 20.5. The van der Waals surface area contributed by atoms with Crippen LogP contribution in [0.4, 0.5) is 0 Å². The molecule has 2 rings (SSSR count). The largest absolute Gasteiger partial charge is 0.458 e. The molecule has 0 N–H and O–H groups in total. The standard InChI is InChI=1S/C26H42O5/c1-15(2)20-10-8-17(5)12-23(20)30-25(28)22(14-19(7)27)26(29)31-24-13-18(6)9-11-21(24)16(3)4/h14-18,20-21,23-24H,8-13H2,1-7H3/t17-,18-,20+,21+,23-,24-/m1/s1. The molecule has 0 aromatic rings. The Morgan fingerprint density at radius 1 is 0.742 bits per heavy atom. The van der Waals surface area contributed by atoms with Crippen molar-refractivity contribution in [2.75, 3.05) is 0 Å². The molecule has 0 unspecified atom stereocenters. The Morgan fingerprint density at radius 2 is 1.13 bits per heavy atom. The van der Waals surface area contributed by atoms with Gasteiger partial charge in [0.05, 0.1) is 0 Å². The molecule has 176 valence electrons. The summed E-state index contributed by atoms with van der Waals surface area (Å²) in [5, 5.41) is 0. The maximum atomic E-state index is 13.0. The minimum atomic E-state index is -0.727. The maximum Gasteiger partial charge on any atom is 0.345 e. The van der Waals surface area contributed by atoms with Crippen LogP contribution in [0.15, 0.2) is 11.6 Å². The van der Waals surface area contributed by atoms with Gasteiger partial charge >= 0.3 is 11.9 Å². The van der Waals surface area contributed by atoms with Crippen molar-refractivity contribution in [3.63, 3.8) is 0 Å². The molecule has 31 heavy (non-hydrogen) atoms. The third-order valence-electron chi connectivity index (χ3n) is 7.23. The van der Waals surface area contributed by atoms with E-state index in [4.69, 9.17) is 9.47 Å². The van der Waals surface area contributed by atoms with Crippen LogP contribution in [0.1, 0.15) is 87.0 Å². The highest BCUT2D eigenvalue weighted by molar-refractivity contribution is 6.17. The first-order valence-electron chi connectivity index (χ1n) is 12.1. The third-order valence-corrected chi connectivity index (χ3v) is 7.23. The van der Waals surface area contributed by atoms with Crippen LogP contribution in [-0.2, 0) is 23.9 Å². The summed E-state index contributed by atoms with van der Waals surface area (Å²) in [6.07, 6.45) is 6.41. The van der Waals surface area contributed by atoms with Crippen LogP contribution in [0, 0.1) is 35.5 Å². The molecule has 0 aromatic heterocycles. The molecule has 5 nitrogen and oxygen atoms in total. The Labute approximate surface area is 188 Å². The van der Waals surface area contributed by atoms with E-state index in [1.165, 1.54) is 6.92 Å². The molecular formula is C26H42O5. The molecule has 0 radical (unpaired) electrons. The van der Waals surface area contributed by atoms with Crippen LogP contribution in [0.2, 0.25) is 0 Å². The summed E-state index contributed by atoms with van der Waals surface area (Å²) in [5.74, 6) is 0.411. The van der Waals surface area contributed by atoms with Gasteiger partial charge in [-0.1, -0.05) is 54.4 Å². The molecule has 0 amide bonds. The fourth-order valence-corrected chi connectivity index (χ4v) is 5.31. The van der Waals surface area contributed by atoms with Gasteiger partial charge < -0.3 is 9.47 Å². The van der Waals surface area contributed by atoms with Gasteiger partial charge in [-0.2, -0.15) is 0 Å². The highest BCUT2D eigenvalue weighted by atomic mass is 16.6. The summed E-state index contributed by atoms with van der Waals surface area (Å²) in [7, 11) is 0. The second-order valence-corrected chi connectivity index (χ2v) is 10.7. The first-order valence-corrected chi connectivity index (χ1v) is 12.1. The fourth-order valence-electron chi connectivity index (χ4n) is 5.31. The molecule has 0 aromatic carbocycles. The lowest BCUT2D eigenvalue weighted by Gasteiger charge is -2.37. The number of carbonyl (C=O) groups excluding carboxylic acids is 3. The van der Waals surface area contributed by atoms with Crippen molar-refractivity contribution >= 4 is 17.7 Å². The summed E-state index contributed by atoms with van der Waals surface area (Å²) >= 11 is 0. The van der Waals surface area contributed by atoms with Crippen LogP contribution in [0.25, 0.3) is 0 Å². The lowest BCUT2D eigenvalue weighted by atomic mass is 9.75. The minimum absolute atomic E-state index is 0.238.